The summed E-state index contributed by atoms with van der Waals surface area (Å²) in [5.74, 6) is 0. The molecule has 62 valence electrons. The number of hydrogen-bond donors (Lipinski definition) is 0. The Kier molecular flexibility index (Phi) is 3.30. The van der Waals surface area contributed by atoms with Crippen LogP contribution in [0.3, 0.4) is 0 Å². The van der Waals surface area contributed by atoms with Gasteiger partial charge in [0.2, 0.25) is 5.63 Å². The average molecular weight is 184 g/mol. The highest BCUT2D eigenvalue weighted by molar-refractivity contribution is 6.19. The molecular weight excluding hydrogens is 182 g/mol. The highest BCUT2D eigenvalue weighted by Crippen LogP contribution is 2.22. The Labute approximate surface area is 57.7 Å². The van der Waals surface area contributed by atoms with Gasteiger partial charge >= 0.3 is 6.36 Å². The van der Waals surface area contributed by atoms with E-state index in [9.17, 15) is 22.0 Å². The maximum atomic E-state index is 11.6. The summed E-state index contributed by atoms with van der Waals surface area (Å²) in [6.45, 7) is 0. The van der Waals surface area contributed by atoms with Crippen molar-refractivity contribution in [3.63, 3.8) is 0 Å². The average Bonchev–Trinajstić information content (AvgIpc) is 1.60. The molecule has 0 aliphatic rings. The molecule has 0 radical (unpaired) electrons. The molecule has 0 heterocycles. The van der Waals surface area contributed by atoms with Gasteiger partial charge in [0, 0.05) is 0 Å². The molecule has 0 N–H and O–H groups in total. The van der Waals surface area contributed by atoms with Crippen LogP contribution in [0.25, 0.3) is 0 Å². The summed E-state index contributed by atoms with van der Waals surface area (Å²) < 4.78 is 58.4. The van der Waals surface area contributed by atoms with Crippen molar-refractivity contribution < 1.29 is 26.7 Å². The molecule has 0 aromatic heterocycles. The lowest BCUT2D eigenvalue weighted by Gasteiger charge is -2.10. The quantitative estimate of drug-likeness (QED) is 0.473. The SMILES string of the molecule is F[C@H](Cl)[C@@H](F)OC(F)(F)F. The summed E-state index contributed by atoms with van der Waals surface area (Å²) in [5.41, 5.74) is -2.80. The normalized spacial score (nSPS) is 18.6. The van der Waals surface area contributed by atoms with Crippen molar-refractivity contribution in [3.05, 3.63) is 0 Å². The van der Waals surface area contributed by atoms with Crippen molar-refractivity contribution in [3.8, 4) is 0 Å². The van der Waals surface area contributed by atoms with Gasteiger partial charge in [0.05, 0.1) is 0 Å². The van der Waals surface area contributed by atoms with Gasteiger partial charge in [0.15, 0.2) is 0 Å². The number of halogens is 6. The number of hydrogen-bond acceptors (Lipinski definition) is 1. The largest absolute Gasteiger partial charge is 0.525 e. The second kappa shape index (κ2) is 3.34. The van der Waals surface area contributed by atoms with Gasteiger partial charge in [0.25, 0.3) is 6.36 Å². The van der Waals surface area contributed by atoms with Crippen molar-refractivity contribution in [2.45, 2.75) is 18.4 Å². The molecule has 0 aromatic rings. The van der Waals surface area contributed by atoms with Crippen molar-refractivity contribution in [2.24, 2.45) is 0 Å². The fourth-order valence-corrected chi connectivity index (χ4v) is 0.231. The minimum absolute atomic E-state index is 2.53. The van der Waals surface area contributed by atoms with Crippen molar-refractivity contribution in [1.29, 1.82) is 0 Å². The van der Waals surface area contributed by atoms with Crippen LogP contribution < -0.4 is 0 Å². The smallest absolute Gasteiger partial charge is 0.252 e. The molecule has 0 aromatic carbocycles. The third-order valence-electron chi connectivity index (χ3n) is 0.444. The van der Waals surface area contributed by atoms with Crippen molar-refractivity contribution >= 4 is 11.6 Å². The minimum Gasteiger partial charge on any atom is -0.252 e. The van der Waals surface area contributed by atoms with E-state index in [2.05, 4.69) is 16.3 Å². The van der Waals surface area contributed by atoms with E-state index in [-0.39, 0.29) is 0 Å². The number of alkyl halides is 6. The fourth-order valence-electron chi connectivity index (χ4n) is 0.179. The Morgan fingerprint density at radius 1 is 1.20 bits per heavy atom. The first kappa shape index (κ1) is 9.90. The number of ether oxygens (including phenoxy) is 1. The van der Waals surface area contributed by atoms with Gasteiger partial charge in [-0.25, -0.2) is 8.78 Å². The first-order chi connectivity index (χ1) is 4.33. The van der Waals surface area contributed by atoms with E-state index in [1.807, 2.05) is 0 Å². The molecule has 0 saturated heterocycles. The molecule has 0 rings (SSSR count). The molecule has 1 nitrogen and oxygen atoms in total. The highest BCUT2D eigenvalue weighted by Gasteiger charge is 2.36. The van der Waals surface area contributed by atoms with E-state index in [1.165, 1.54) is 0 Å². The fraction of sp³-hybridized carbons (Fsp3) is 1.00. The molecule has 0 amide bonds. The lowest BCUT2D eigenvalue weighted by atomic mass is 10.7. The molecule has 0 aliphatic heterocycles. The topological polar surface area (TPSA) is 9.23 Å². The standard InChI is InChI=1S/C3H2ClF5O/c4-1(5)2(6)10-3(7,8)9/h1-2H/t1-,2-/m0/s1. The van der Waals surface area contributed by atoms with Crippen LogP contribution in [0.15, 0.2) is 0 Å². The Morgan fingerprint density at radius 3 is 1.70 bits per heavy atom. The number of rotatable bonds is 2. The summed E-state index contributed by atoms with van der Waals surface area (Å²) in [5, 5.41) is 0. The second-order valence-electron chi connectivity index (χ2n) is 1.25. The van der Waals surface area contributed by atoms with Gasteiger partial charge in [-0.2, -0.15) is 0 Å². The minimum atomic E-state index is -5.20. The van der Waals surface area contributed by atoms with E-state index >= 15 is 0 Å². The molecule has 0 fully saturated rings. The van der Waals surface area contributed by atoms with Crippen LogP contribution in [0, 0.1) is 0 Å². The van der Waals surface area contributed by atoms with Crippen LogP contribution in [-0.4, -0.2) is 18.4 Å². The predicted octanol–water partition coefficient (Wildman–Crippen LogP) is 2.35. The van der Waals surface area contributed by atoms with Crippen LogP contribution in [0.5, 0.6) is 0 Å². The monoisotopic (exact) mass is 184 g/mol. The summed E-state index contributed by atoms with van der Waals surface area (Å²) in [7, 11) is 0. The van der Waals surface area contributed by atoms with Gasteiger partial charge < -0.3 is 0 Å². The highest BCUT2D eigenvalue weighted by atomic mass is 35.5. The maximum Gasteiger partial charge on any atom is 0.525 e. The van der Waals surface area contributed by atoms with Gasteiger partial charge in [0.1, 0.15) is 0 Å². The van der Waals surface area contributed by atoms with E-state index in [0.717, 1.165) is 0 Å². The summed E-state index contributed by atoms with van der Waals surface area (Å²) in [6.07, 6.45) is -8.36. The third kappa shape index (κ3) is 4.75. The van der Waals surface area contributed by atoms with E-state index < -0.39 is 18.4 Å². The Balaban J connectivity index is 3.68. The molecule has 10 heavy (non-hydrogen) atoms. The van der Waals surface area contributed by atoms with Crippen LogP contribution in [0.1, 0.15) is 0 Å². The third-order valence-corrected chi connectivity index (χ3v) is 0.642. The van der Waals surface area contributed by atoms with Crippen LogP contribution in [0.2, 0.25) is 0 Å². The van der Waals surface area contributed by atoms with E-state index in [4.69, 9.17) is 0 Å². The zero-order chi connectivity index (χ0) is 8.36. The second-order valence-corrected chi connectivity index (χ2v) is 1.67. The van der Waals surface area contributed by atoms with Gasteiger partial charge in [-0.1, -0.05) is 11.6 Å². The molecule has 2 atom stereocenters. The first-order valence-corrected chi connectivity index (χ1v) is 2.43. The van der Waals surface area contributed by atoms with Gasteiger partial charge in [-0.05, 0) is 0 Å². The van der Waals surface area contributed by atoms with Gasteiger partial charge in [-0.15, -0.1) is 13.2 Å². The molecule has 7 heteroatoms. The summed E-state index contributed by atoms with van der Waals surface area (Å²) in [4.78, 5) is 0. The van der Waals surface area contributed by atoms with Crippen molar-refractivity contribution in [2.75, 3.05) is 0 Å². The predicted molar refractivity (Wildman–Crippen MR) is 22.8 cm³/mol. The molecule has 0 saturated carbocycles. The lowest BCUT2D eigenvalue weighted by molar-refractivity contribution is -0.363. The van der Waals surface area contributed by atoms with E-state index in [0.29, 0.717) is 0 Å². The maximum absolute atomic E-state index is 11.6. The molecular formula is C3H2ClF5O. The Bertz CT molecular complexity index is 102. The van der Waals surface area contributed by atoms with E-state index in [1.54, 1.807) is 0 Å². The van der Waals surface area contributed by atoms with Crippen LogP contribution in [-0.2, 0) is 4.74 Å². The van der Waals surface area contributed by atoms with Crippen molar-refractivity contribution in [1.82, 2.24) is 0 Å². The Hall–Kier alpha value is -0.100. The van der Waals surface area contributed by atoms with Crippen LogP contribution >= 0.6 is 11.6 Å². The zero-order valence-corrected chi connectivity index (χ0v) is 5.09. The molecule has 0 bridgehead atoms. The zero-order valence-electron chi connectivity index (χ0n) is 4.33. The summed E-state index contributed by atoms with van der Waals surface area (Å²) in [6, 6.07) is 0. The Morgan fingerprint density at radius 2 is 1.60 bits per heavy atom. The first-order valence-electron chi connectivity index (χ1n) is 1.99. The lowest BCUT2D eigenvalue weighted by Crippen LogP contribution is -2.25. The summed E-state index contributed by atoms with van der Waals surface area (Å²) >= 11 is 4.27. The molecule has 0 unspecified atom stereocenters. The molecule has 0 aliphatic carbocycles. The van der Waals surface area contributed by atoms with Gasteiger partial charge in [-0.3, -0.25) is 4.74 Å². The van der Waals surface area contributed by atoms with Crippen LogP contribution in [0.4, 0.5) is 22.0 Å². The molecule has 0 spiro atoms.